The number of pyridine rings is 2. The van der Waals surface area contributed by atoms with Gasteiger partial charge in [-0.05, 0) is 13.0 Å². The third-order valence-corrected chi connectivity index (χ3v) is 4.80. The SMILES string of the molecule is Cc1c2c(C(F)(F)F)cc(=O)n(CCC(=O)Nc3ncc(Cl)cc3Cl)c2nn1C. The van der Waals surface area contributed by atoms with Gasteiger partial charge in [-0.3, -0.25) is 18.8 Å². The molecule has 1 N–H and O–H groups in total. The fourth-order valence-corrected chi connectivity index (χ4v) is 3.25. The van der Waals surface area contributed by atoms with Gasteiger partial charge in [-0.1, -0.05) is 23.2 Å². The van der Waals surface area contributed by atoms with Crippen LogP contribution in [0, 0.1) is 6.92 Å². The van der Waals surface area contributed by atoms with Crippen LogP contribution in [0.4, 0.5) is 19.0 Å². The lowest BCUT2D eigenvalue weighted by Crippen LogP contribution is -2.25. The van der Waals surface area contributed by atoms with Crippen molar-refractivity contribution < 1.29 is 18.0 Å². The molecule has 154 valence electrons. The minimum Gasteiger partial charge on any atom is -0.309 e. The van der Waals surface area contributed by atoms with Crippen LogP contribution in [0.2, 0.25) is 10.0 Å². The van der Waals surface area contributed by atoms with E-state index in [9.17, 15) is 22.8 Å². The molecule has 0 atom stereocenters. The zero-order valence-corrected chi connectivity index (χ0v) is 16.7. The number of hydrogen-bond donors (Lipinski definition) is 1. The van der Waals surface area contributed by atoms with Gasteiger partial charge in [0.25, 0.3) is 5.56 Å². The van der Waals surface area contributed by atoms with Crippen molar-refractivity contribution in [2.75, 3.05) is 5.32 Å². The Hall–Kier alpha value is -2.59. The van der Waals surface area contributed by atoms with Crippen LogP contribution < -0.4 is 10.9 Å². The van der Waals surface area contributed by atoms with Crippen molar-refractivity contribution in [3.63, 3.8) is 0 Å². The Morgan fingerprint density at radius 1 is 1.28 bits per heavy atom. The highest BCUT2D eigenvalue weighted by atomic mass is 35.5. The summed E-state index contributed by atoms with van der Waals surface area (Å²) >= 11 is 11.7. The zero-order valence-electron chi connectivity index (χ0n) is 15.1. The van der Waals surface area contributed by atoms with Crippen LogP contribution in [0.25, 0.3) is 11.0 Å². The monoisotopic (exact) mass is 447 g/mol. The summed E-state index contributed by atoms with van der Waals surface area (Å²) in [5.74, 6) is -0.450. The van der Waals surface area contributed by atoms with Gasteiger partial charge >= 0.3 is 6.18 Å². The van der Waals surface area contributed by atoms with Crippen LogP contribution in [0.15, 0.2) is 23.1 Å². The molecule has 0 fully saturated rings. The molecule has 3 aromatic rings. The van der Waals surface area contributed by atoms with E-state index in [2.05, 4.69) is 15.4 Å². The number of anilines is 1. The summed E-state index contributed by atoms with van der Waals surface area (Å²) in [5, 5.41) is 6.74. The van der Waals surface area contributed by atoms with E-state index in [1.807, 2.05) is 0 Å². The second kappa shape index (κ2) is 7.68. The number of carbonyl (C=O) groups excluding carboxylic acids is 1. The van der Waals surface area contributed by atoms with Gasteiger partial charge in [0.15, 0.2) is 11.5 Å². The van der Waals surface area contributed by atoms with E-state index in [-0.39, 0.29) is 45.6 Å². The average Bonchev–Trinajstić information content (AvgIpc) is 2.90. The number of alkyl halides is 3. The fraction of sp³-hybridized carbons (Fsp3) is 0.294. The van der Waals surface area contributed by atoms with Crippen molar-refractivity contribution in [2.45, 2.75) is 26.1 Å². The molecular formula is C17H14Cl2F3N5O2. The van der Waals surface area contributed by atoms with E-state index in [0.29, 0.717) is 6.07 Å². The third kappa shape index (κ3) is 4.23. The van der Waals surface area contributed by atoms with Crippen LogP contribution in [0.5, 0.6) is 0 Å². The van der Waals surface area contributed by atoms with Gasteiger partial charge in [0.1, 0.15) is 0 Å². The number of halogens is 5. The first-order valence-electron chi connectivity index (χ1n) is 8.24. The molecule has 3 rings (SSSR count). The molecule has 1 amide bonds. The van der Waals surface area contributed by atoms with Crippen molar-refractivity contribution in [1.29, 1.82) is 0 Å². The number of amides is 1. The van der Waals surface area contributed by atoms with E-state index in [4.69, 9.17) is 23.2 Å². The van der Waals surface area contributed by atoms with Crippen LogP contribution in [0.1, 0.15) is 17.7 Å². The Morgan fingerprint density at radius 2 is 1.97 bits per heavy atom. The molecule has 0 radical (unpaired) electrons. The average molecular weight is 448 g/mol. The van der Waals surface area contributed by atoms with Crippen LogP contribution >= 0.6 is 23.2 Å². The van der Waals surface area contributed by atoms with Crippen LogP contribution in [-0.2, 0) is 24.6 Å². The molecule has 3 aromatic heterocycles. The largest absolute Gasteiger partial charge is 0.417 e. The predicted octanol–water partition coefficient (Wildman–Crippen LogP) is 3.79. The summed E-state index contributed by atoms with van der Waals surface area (Å²) in [5.41, 5.74) is -1.85. The van der Waals surface area contributed by atoms with Gasteiger partial charge in [-0.25, -0.2) is 4.98 Å². The number of aryl methyl sites for hydroxylation is 3. The second-order valence-electron chi connectivity index (χ2n) is 6.24. The third-order valence-electron chi connectivity index (χ3n) is 4.31. The summed E-state index contributed by atoms with van der Waals surface area (Å²) in [6.07, 6.45) is -3.63. The van der Waals surface area contributed by atoms with Crippen molar-refractivity contribution in [3.8, 4) is 0 Å². The quantitative estimate of drug-likeness (QED) is 0.659. The van der Waals surface area contributed by atoms with Crippen molar-refractivity contribution >= 4 is 46.0 Å². The minimum atomic E-state index is -4.71. The van der Waals surface area contributed by atoms with E-state index in [1.165, 1.54) is 30.9 Å². The molecule has 0 aliphatic heterocycles. The molecule has 0 aliphatic carbocycles. The Bertz CT molecular complexity index is 1170. The molecule has 0 aromatic carbocycles. The van der Waals surface area contributed by atoms with Crippen LogP contribution in [0.3, 0.4) is 0 Å². The first kappa shape index (κ1) is 21.1. The van der Waals surface area contributed by atoms with Crippen molar-refractivity contribution in [1.82, 2.24) is 19.3 Å². The maximum atomic E-state index is 13.4. The summed E-state index contributed by atoms with van der Waals surface area (Å²) < 4.78 is 42.4. The summed E-state index contributed by atoms with van der Waals surface area (Å²) in [6.45, 7) is 1.29. The van der Waals surface area contributed by atoms with Gasteiger partial charge in [-0.2, -0.15) is 18.3 Å². The maximum Gasteiger partial charge on any atom is 0.417 e. The molecule has 29 heavy (non-hydrogen) atoms. The Kier molecular flexibility index (Phi) is 5.59. The lowest BCUT2D eigenvalue weighted by Gasteiger charge is -2.12. The zero-order chi connectivity index (χ0) is 21.5. The molecule has 0 saturated heterocycles. The Labute approximate surface area is 172 Å². The van der Waals surface area contributed by atoms with E-state index in [0.717, 1.165) is 4.57 Å². The molecule has 12 heteroatoms. The van der Waals surface area contributed by atoms with Gasteiger partial charge < -0.3 is 5.32 Å². The van der Waals surface area contributed by atoms with Gasteiger partial charge in [-0.15, -0.1) is 0 Å². The Morgan fingerprint density at radius 3 is 2.59 bits per heavy atom. The first-order chi connectivity index (χ1) is 13.5. The molecule has 0 bridgehead atoms. The number of rotatable bonds is 4. The number of hydrogen-bond acceptors (Lipinski definition) is 4. The number of nitrogens with zero attached hydrogens (tertiary/aromatic N) is 4. The maximum absolute atomic E-state index is 13.4. The van der Waals surface area contributed by atoms with Crippen LogP contribution in [-0.4, -0.2) is 25.2 Å². The number of nitrogens with one attached hydrogen (secondary N) is 1. The van der Waals surface area contributed by atoms with Crippen molar-refractivity contribution in [3.05, 3.63) is 50.0 Å². The van der Waals surface area contributed by atoms with E-state index in [1.54, 1.807) is 0 Å². The molecule has 0 unspecified atom stereocenters. The van der Waals surface area contributed by atoms with E-state index >= 15 is 0 Å². The summed E-state index contributed by atoms with van der Waals surface area (Å²) in [6, 6.07) is 1.92. The van der Waals surface area contributed by atoms with Crippen molar-refractivity contribution in [2.24, 2.45) is 7.05 Å². The standard InChI is InChI=1S/C17H14Cl2F3N5O2/c1-8-14-10(17(20,21)22)6-13(29)27(16(14)25-26(8)2)4-3-12(28)24-15-11(19)5-9(18)7-23-15/h5-7H,3-4H2,1-2H3,(H,23,24,28). The highest BCUT2D eigenvalue weighted by molar-refractivity contribution is 6.36. The van der Waals surface area contributed by atoms with E-state index < -0.39 is 23.2 Å². The lowest BCUT2D eigenvalue weighted by atomic mass is 10.1. The second-order valence-corrected chi connectivity index (χ2v) is 7.08. The number of carbonyl (C=O) groups is 1. The lowest BCUT2D eigenvalue weighted by molar-refractivity contribution is -0.136. The predicted molar refractivity (Wildman–Crippen MR) is 102 cm³/mol. The molecule has 3 heterocycles. The summed E-state index contributed by atoms with van der Waals surface area (Å²) in [4.78, 5) is 28.4. The van der Waals surface area contributed by atoms with Gasteiger partial charge in [0.2, 0.25) is 5.91 Å². The number of aromatic nitrogens is 4. The molecule has 0 saturated carbocycles. The Balaban J connectivity index is 1.91. The fourth-order valence-electron chi connectivity index (χ4n) is 2.83. The normalized spacial score (nSPS) is 11.8. The van der Waals surface area contributed by atoms with Gasteiger partial charge in [0, 0.05) is 38.0 Å². The highest BCUT2D eigenvalue weighted by Crippen LogP contribution is 2.35. The smallest absolute Gasteiger partial charge is 0.309 e. The molecule has 7 nitrogen and oxygen atoms in total. The minimum absolute atomic E-state index is 0.0830. The number of fused-ring (bicyclic) bond motifs is 1. The molecule has 0 spiro atoms. The molecule has 0 aliphatic rings. The molecular weight excluding hydrogens is 434 g/mol. The topological polar surface area (TPSA) is 81.8 Å². The first-order valence-corrected chi connectivity index (χ1v) is 9.00. The highest BCUT2D eigenvalue weighted by Gasteiger charge is 2.35. The van der Waals surface area contributed by atoms with Gasteiger partial charge in [0.05, 0.1) is 21.0 Å². The summed E-state index contributed by atoms with van der Waals surface area (Å²) in [7, 11) is 1.48.